The molecule has 0 saturated carbocycles. The zero-order chi connectivity index (χ0) is 12.8. The molecule has 1 fully saturated rings. The van der Waals surface area contributed by atoms with E-state index >= 15 is 0 Å². The van der Waals surface area contributed by atoms with Gasteiger partial charge in [0, 0.05) is 13.1 Å². The molecule has 0 unspecified atom stereocenters. The Kier molecular flexibility index (Phi) is 4.62. The Hall–Kier alpha value is -1.92. The molecule has 0 aromatic heterocycles. The Balaban J connectivity index is 2.61. The zero-order valence-corrected chi connectivity index (χ0v) is 9.92. The first-order valence-corrected chi connectivity index (χ1v) is 5.31. The van der Waals surface area contributed by atoms with Crippen molar-refractivity contribution in [2.75, 3.05) is 19.7 Å². The second kappa shape index (κ2) is 5.97. The van der Waals surface area contributed by atoms with Crippen molar-refractivity contribution in [3.63, 3.8) is 0 Å². The van der Waals surface area contributed by atoms with Crippen molar-refractivity contribution >= 4 is 23.8 Å². The monoisotopic (exact) mass is 240 g/mol. The first-order valence-electron chi connectivity index (χ1n) is 5.31. The summed E-state index contributed by atoms with van der Waals surface area (Å²) in [4.78, 5) is 27.7. The molecular weight excluding hydrogens is 224 g/mol. The van der Waals surface area contributed by atoms with Gasteiger partial charge in [-0.2, -0.15) is 5.10 Å². The van der Waals surface area contributed by atoms with Crippen molar-refractivity contribution < 1.29 is 14.3 Å². The molecular formula is C10H16N4O3. The van der Waals surface area contributed by atoms with Gasteiger partial charge >= 0.3 is 5.97 Å². The van der Waals surface area contributed by atoms with E-state index in [0.29, 0.717) is 18.8 Å². The second-order valence-electron chi connectivity index (χ2n) is 3.63. The summed E-state index contributed by atoms with van der Waals surface area (Å²) >= 11 is 0. The fraction of sp³-hybridized carbons (Fsp3) is 0.600. The standard InChI is InChI=1S/C10H16N4O3/c1-3-17-10(16)9(13-11)7(2)12-8-4-14(5-8)6-15/h6,8H,3-5,11H2,1-2H3/b12-7?,13-9+. The van der Waals surface area contributed by atoms with Gasteiger partial charge in [0.1, 0.15) is 0 Å². The van der Waals surface area contributed by atoms with Gasteiger partial charge in [0.15, 0.2) is 5.71 Å². The fourth-order valence-electron chi connectivity index (χ4n) is 1.48. The van der Waals surface area contributed by atoms with Crippen LogP contribution in [0.4, 0.5) is 0 Å². The maximum atomic E-state index is 11.4. The first kappa shape index (κ1) is 13.1. The Labute approximate surface area is 99.3 Å². The van der Waals surface area contributed by atoms with Crippen molar-refractivity contribution in [1.82, 2.24) is 4.90 Å². The van der Waals surface area contributed by atoms with Crippen molar-refractivity contribution in [2.24, 2.45) is 15.9 Å². The van der Waals surface area contributed by atoms with E-state index in [1.807, 2.05) is 0 Å². The highest BCUT2D eigenvalue weighted by Crippen LogP contribution is 2.09. The van der Waals surface area contributed by atoms with Crippen LogP contribution in [-0.2, 0) is 14.3 Å². The number of aliphatic imine (C=N–C) groups is 1. The largest absolute Gasteiger partial charge is 0.461 e. The number of carbonyl (C=O) groups excluding carboxylic acids is 2. The van der Waals surface area contributed by atoms with Gasteiger partial charge in [0.05, 0.1) is 18.4 Å². The van der Waals surface area contributed by atoms with Crippen LogP contribution in [0.2, 0.25) is 0 Å². The maximum Gasteiger partial charge on any atom is 0.360 e. The molecule has 0 bridgehead atoms. The van der Waals surface area contributed by atoms with Crippen LogP contribution in [0.5, 0.6) is 0 Å². The average molecular weight is 240 g/mol. The molecule has 1 saturated heterocycles. The molecule has 94 valence electrons. The molecule has 0 atom stereocenters. The van der Waals surface area contributed by atoms with Gasteiger partial charge in [-0.1, -0.05) is 0 Å². The molecule has 0 radical (unpaired) electrons. The lowest BCUT2D eigenvalue weighted by Gasteiger charge is -2.33. The summed E-state index contributed by atoms with van der Waals surface area (Å²) in [7, 11) is 0. The minimum absolute atomic E-state index is 0.00590. The summed E-state index contributed by atoms with van der Waals surface area (Å²) in [6.45, 7) is 4.72. The highest BCUT2D eigenvalue weighted by molar-refractivity contribution is 6.65. The summed E-state index contributed by atoms with van der Waals surface area (Å²) in [5.41, 5.74) is 0.456. The van der Waals surface area contributed by atoms with Crippen LogP contribution in [0.15, 0.2) is 10.1 Å². The number of nitrogens with zero attached hydrogens (tertiary/aromatic N) is 3. The van der Waals surface area contributed by atoms with Crippen LogP contribution in [0.3, 0.4) is 0 Å². The van der Waals surface area contributed by atoms with E-state index in [1.54, 1.807) is 18.7 Å². The molecule has 1 heterocycles. The highest BCUT2D eigenvalue weighted by Gasteiger charge is 2.26. The Morgan fingerprint density at radius 3 is 2.71 bits per heavy atom. The number of nitrogens with two attached hydrogens (primary N) is 1. The predicted octanol–water partition coefficient (Wildman–Crippen LogP) is -0.834. The Morgan fingerprint density at radius 2 is 2.24 bits per heavy atom. The summed E-state index contributed by atoms with van der Waals surface area (Å²) in [5, 5.41) is 3.39. The summed E-state index contributed by atoms with van der Waals surface area (Å²) in [6.07, 6.45) is 0.768. The molecule has 1 aliphatic rings. The molecule has 0 aromatic rings. The van der Waals surface area contributed by atoms with E-state index in [4.69, 9.17) is 10.6 Å². The molecule has 0 spiro atoms. The van der Waals surface area contributed by atoms with Gasteiger partial charge in [-0.05, 0) is 13.8 Å². The molecule has 7 heteroatoms. The third-order valence-corrected chi connectivity index (χ3v) is 2.36. The Bertz CT molecular complexity index is 359. The van der Waals surface area contributed by atoms with Crippen LogP contribution in [0.25, 0.3) is 0 Å². The molecule has 1 amide bonds. The van der Waals surface area contributed by atoms with Crippen LogP contribution in [0.1, 0.15) is 13.8 Å². The van der Waals surface area contributed by atoms with Crippen molar-refractivity contribution in [3.05, 3.63) is 0 Å². The predicted molar refractivity (Wildman–Crippen MR) is 62.8 cm³/mol. The van der Waals surface area contributed by atoms with E-state index in [2.05, 4.69) is 10.1 Å². The van der Waals surface area contributed by atoms with Gasteiger partial charge in [-0.15, -0.1) is 0 Å². The highest BCUT2D eigenvalue weighted by atomic mass is 16.5. The number of hydrogen-bond donors (Lipinski definition) is 1. The van der Waals surface area contributed by atoms with E-state index in [1.165, 1.54) is 0 Å². The minimum Gasteiger partial charge on any atom is -0.461 e. The number of carbonyl (C=O) groups is 2. The lowest BCUT2D eigenvalue weighted by molar-refractivity contribution is -0.134. The van der Waals surface area contributed by atoms with Gasteiger partial charge < -0.3 is 15.5 Å². The van der Waals surface area contributed by atoms with Crippen molar-refractivity contribution in [2.45, 2.75) is 19.9 Å². The maximum absolute atomic E-state index is 11.4. The molecule has 17 heavy (non-hydrogen) atoms. The number of rotatable bonds is 5. The summed E-state index contributed by atoms with van der Waals surface area (Å²) in [6, 6.07) is 0.00590. The topological polar surface area (TPSA) is 97.3 Å². The van der Waals surface area contributed by atoms with E-state index in [-0.39, 0.29) is 18.4 Å². The van der Waals surface area contributed by atoms with Gasteiger partial charge in [-0.25, -0.2) is 4.79 Å². The van der Waals surface area contributed by atoms with E-state index < -0.39 is 5.97 Å². The number of ether oxygens (including phenoxy) is 1. The number of hydrogen-bond acceptors (Lipinski definition) is 6. The zero-order valence-electron chi connectivity index (χ0n) is 9.92. The quantitative estimate of drug-likeness (QED) is 0.223. The number of hydrazone groups is 1. The average Bonchev–Trinajstić information content (AvgIpc) is 2.24. The molecule has 1 rings (SSSR count). The van der Waals surface area contributed by atoms with Crippen LogP contribution in [0, 0.1) is 0 Å². The van der Waals surface area contributed by atoms with Crippen molar-refractivity contribution in [1.29, 1.82) is 0 Å². The molecule has 7 nitrogen and oxygen atoms in total. The Morgan fingerprint density at radius 1 is 1.59 bits per heavy atom. The summed E-state index contributed by atoms with van der Waals surface area (Å²) in [5.74, 6) is 4.55. The lowest BCUT2D eigenvalue weighted by Crippen LogP contribution is -2.49. The van der Waals surface area contributed by atoms with Gasteiger partial charge in [0.2, 0.25) is 6.41 Å². The molecule has 0 aromatic carbocycles. The molecule has 1 aliphatic heterocycles. The molecule has 2 N–H and O–H groups in total. The van der Waals surface area contributed by atoms with E-state index in [9.17, 15) is 9.59 Å². The first-order chi connectivity index (χ1) is 8.12. The normalized spacial score (nSPS) is 17.6. The van der Waals surface area contributed by atoms with Crippen LogP contribution < -0.4 is 5.84 Å². The SMILES string of the molecule is CCOC(=O)/C(=N/N)C(C)=NC1CN(C=O)C1. The number of amides is 1. The smallest absolute Gasteiger partial charge is 0.360 e. The third-order valence-electron chi connectivity index (χ3n) is 2.36. The number of likely N-dealkylation sites (tertiary alicyclic amines) is 1. The second-order valence-corrected chi connectivity index (χ2v) is 3.63. The van der Waals surface area contributed by atoms with Crippen molar-refractivity contribution in [3.8, 4) is 0 Å². The third kappa shape index (κ3) is 3.27. The molecule has 0 aliphatic carbocycles. The van der Waals surface area contributed by atoms with E-state index in [0.717, 1.165) is 6.41 Å². The van der Waals surface area contributed by atoms with Crippen LogP contribution >= 0.6 is 0 Å². The van der Waals surface area contributed by atoms with Gasteiger partial charge in [-0.3, -0.25) is 9.79 Å². The fourth-order valence-corrected chi connectivity index (χ4v) is 1.48. The minimum atomic E-state index is -0.581. The lowest BCUT2D eigenvalue weighted by atomic mass is 10.1. The van der Waals surface area contributed by atoms with Gasteiger partial charge in [0.25, 0.3) is 0 Å². The van der Waals surface area contributed by atoms with Crippen LogP contribution in [-0.4, -0.2) is 54.4 Å². The summed E-state index contributed by atoms with van der Waals surface area (Å²) < 4.78 is 4.79. The number of esters is 1.